The molecule has 5 atom stereocenters. The van der Waals surface area contributed by atoms with Gasteiger partial charge < -0.3 is 19.7 Å². The Labute approximate surface area is 105 Å². The fourth-order valence-electron chi connectivity index (χ4n) is 1.91. The van der Waals surface area contributed by atoms with Gasteiger partial charge in [-0.1, -0.05) is 13.8 Å². The maximum absolute atomic E-state index is 11.0. The quantitative estimate of drug-likeness (QED) is 0.715. The van der Waals surface area contributed by atoms with Crippen molar-refractivity contribution in [2.45, 2.75) is 44.5 Å². The molecule has 5 nitrogen and oxygen atoms in total. The molecule has 2 N–H and O–H groups in total. The first-order chi connectivity index (χ1) is 8.01. The number of carbonyl (C=O) groups excluding carboxylic acids is 1. The molecule has 1 fully saturated rings. The molecule has 0 radical (unpaired) electrons. The molecule has 0 aromatic heterocycles. The smallest absolute Gasteiger partial charge is 0.303 e. The van der Waals surface area contributed by atoms with E-state index in [-0.39, 0.29) is 23.9 Å². The van der Waals surface area contributed by atoms with Crippen molar-refractivity contribution in [3.05, 3.63) is 0 Å². The van der Waals surface area contributed by atoms with E-state index in [1.807, 2.05) is 6.92 Å². The van der Waals surface area contributed by atoms with Gasteiger partial charge in [0, 0.05) is 12.8 Å². The Bertz CT molecular complexity index is 260. The summed E-state index contributed by atoms with van der Waals surface area (Å²) in [4.78, 5) is 11.0. The van der Waals surface area contributed by atoms with Gasteiger partial charge in [-0.3, -0.25) is 4.79 Å². The summed E-state index contributed by atoms with van der Waals surface area (Å²) < 4.78 is 10.8. The monoisotopic (exact) mass is 264 g/mol. The zero-order valence-electron chi connectivity index (χ0n) is 10.3. The lowest BCUT2D eigenvalue weighted by atomic mass is 9.91. The van der Waals surface area contributed by atoms with Gasteiger partial charge in [0.15, 0.2) is 0 Å². The van der Waals surface area contributed by atoms with Crippen molar-refractivity contribution in [1.82, 2.24) is 0 Å². The van der Waals surface area contributed by atoms with Crippen molar-refractivity contribution < 1.29 is 24.5 Å². The summed E-state index contributed by atoms with van der Waals surface area (Å²) in [7, 11) is 0. The zero-order chi connectivity index (χ0) is 13.0. The van der Waals surface area contributed by atoms with E-state index in [0.717, 1.165) is 5.75 Å². The number of ether oxygens (including phenoxy) is 2. The minimum absolute atomic E-state index is 0.237. The van der Waals surface area contributed by atoms with Gasteiger partial charge in [0.2, 0.25) is 0 Å². The Balaban J connectivity index is 2.78. The fourth-order valence-corrected chi connectivity index (χ4v) is 2.96. The average molecular weight is 264 g/mol. The first-order valence-electron chi connectivity index (χ1n) is 5.74. The second-order valence-corrected chi connectivity index (χ2v) is 5.48. The minimum atomic E-state index is -0.821. The average Bonchev–Trinajstić information content (AvgIpc) is 2.28. The molecule has 0 aliphatic carbocycles. The number of aliphatic hydroxyl groups excluding tert-OH is 2. The third-order valence-electron chi connectivity index (χ3n) is 2.83. The number of hydrogen-bond donors (Lipinski definition) is 2. The Morgan fingerprint density at radius 1 is 1.53 bits per heavy atom. The molecule has 6 heteroatoms. The van der Waals surface area contributed by atoms with Gasteiger partial charge in [-0.15, -0.1) is 11.8 Å². The fraction of sp³-hybridized carbons (Fsp3) is 0.909. The molecule has 0 aromatic carbocycles. The highest BCUT2D eigenvalue weighted by Crippen LogP contribution is 2.33. The second-order valence-electron chi connectivity index (χ2n) is 4.10. The van der Waals surface area contributed by atoms with Crippen LogP contribution in [0.15, 0.2) is 0 Å². The van der Waals surface area contributed by atoms with Crippen LogP contribution in [0.5, 0.6) is 0 Å². The first kappa shape index (κ1) is 14.8. The van der Waals surface area contributed by atoms with Gasteiger partial charge >= 0.3 is 5.97 Å². The molecule has 17 heavy (non-hydrogen) atoms. The van der Waals surface area contributed by atoms with E-state index in [4.69, 9.17) is 14.6 Å². The van der Waals surface area contributed by atoms with Crippen molar-refractivity contribution in [3.8, 4) is 0 Å². The predicted molar refractivity (Wildman–Crippen MR) is 64.6 cm³/mol. The standard InChI is InChI=1S/C11H20O5S/c1-4-17-11-10(15-7(3)13)6(2)9(14)8(5-12)16-11/h6,8-12,14H,4-5H2,1-3H3/t6-,8?,9+,10?,11-/m0/s1. The summed E-state index contributed by atoms with van der Waals surface area (Å²) in [6, 6.07) is 0. The zero-order valence-corrected chi connectivity index (χ0v) is 11.1. The number of carbonyl (C=O) groups is 1. The highest BCUT2D eigenvalue weighted by molar-refractivity contribution is 7.99. The molecule has 2 unspecified atom stereocenters. The molecule has 1 aliphatic heterocycles. The topological polar surface area (TPSA) is 76.0 Å². The molecular formula is C11H20O5S. The normalized spacial score (nSPS) is 37.8. The third-order valence-corrected chi connectivity index (χ3v) is 3.87. The van der Waals surface area contributed by atoms with E-state index in [1.165, 1.54) is 18.7 Å². The van der Waals surface area contributed by atoms with Crippen molar-refractivity contribution >= 4 is 17.7 Å². The molecule has 0 amide bonds. The number of rotatable bonds is 4. The van der Waals surface area contributed by atoms with Crippen LogP contribution >= 0.6 is 11.8 Å². The van der Waals surface area contributed by atoms with Crippen LogP contribution in [0.1, 0.15) is 20.8 Å². The SMILES string of the molecule is CCS[C@@H]1OC(CO)[C@H](O)[C@H](C)C1OC(C)=O. The van der Waals surface area contributed by atoms with Crippen LogP contribution in [0.25, 0.3) is 0 Å². The Hall–Kier alpha value is -0.300. The molecule has 1 aliphatic rings. The van der Waals surface area contributed by atoms with E-state index in [9.17, 15) is 9.90 Å². The van der Waals surface area contributed by atoms with Crippen LogP contribution in [-0.2, 0) is 14.3 Å². The minimum Gasteiger partial charge on any atom is -0.458 e. The van der Waals surface area contributed by atoms with E-state index < -0.39 is 18.3 Å². The van der Waals surface area contributed by atoms with Gasteiger partial charge in [0.1, 0.15) is 17.6 Å². The van der Waals surface area contributed by atoms with Crippen LogP contribution in [0.3, 0.4) is 0 Å². The first-order valence-corrected chi connectivity index (χ1v) is 6.79. The Morgan fingerprint density at radius 2 is 2.18 bits per heavy atom. The van der Waals surface area contributed by atoms with Crippen LogP contribution in [0.2, 0.25) is 0 Å². The van der Waals surface area contributed by atoms with Gasteiger partial charge in [-0.25, -0.2) is 0 Å². The third kappa shape index (κ3) is 3.58. The number of esters is 1. The van der Waals surface area contributed by atoms with Crippen LogP contribution in [0, 0.1) is 5.92 Å². The molecule has 1 saturated heterocycles. The Morgan fingerprint density at radius 3 is 2.65 bits per heavy atom. The van der Waals surface area contributed by atoms with Crippen molar-refractivity contribution in [2.75, 3.05) is 12.4 Å². The number of aliphatic hydroxyl groups is 2. The molecule has 0 spiro atoms. The molecule has 0 aromatic rings. The maximum Gasteiger partial charge on any atom is 0.303 e. The second kappa shape index (κ2) is 6.58. The summed E-state index contributed by atoms with van der Waals surface area (Å²) >= 11 is 1.51. The van der Waals surface area contributed by atoms with E-state index in [1.54, 1.807) is 6.92 Å². The van der Waals surface area contributed by atoms with E-state index in [2.05, 4.69) is 0 Å². The highest BCUT2D eigenvalue weighted by Gasteiger charge is 2.44. The molecule has 100 valence electrons. The van der Waals surface area contributed by atoms with E-state index >= 15 is 0 Å². The van der Waals surface area contributed by atoms with Crippen molar-refractivity contribution in [3.63, 3.8) is 0 Å². The highest BCUT2D eigenvalue weighted by atomic mass is 32.2. The maximum atomic E-state index is 11.0. The molecule has 0 saturated carbocycles. The van der Waals surface area contributed by atoms with Crippen molar-refractivity contribution in [2.24, 2.45) is 5.92 Å². The lowest BCUT2D eigenvalue weighted by Gasteiger charge is -2.42. The summed E-state index contributed by atoms with van der Waals surface area (Å²) in [5.74, 6) is 0.166. The molecular weight excluding hydrogens is 244 g/mol. The van der Waals surface area contributed by atoms with Gasteiger partial charge in [0.05, 0.1) is 12.7 Å². The Kier molecular flexibility index (Phi) is 5.72. The van der Waals surface area contributed by atoms with Gasteiger partial charge in [-0.05, 0) is 5.75 Å². The molecule has 1 rings (SSSR count). The van der Waals surface area contributed by atoms with E-state index in [0.29, 0.717) is 0 Å². The van der Waals surface area contributed by atoms with Gasteiger partial charge in [-0.2, -0.15) is 0 Å². The summed E-state index contributed by atoms with van der Waals surface area (Å²) in [6.07, 6.45) is -1.91. The molecule has 1 heterocycles. The lowest BCUT2D eigenvalue weighted by Crippen LogP contribution is -2.54. The lowest BCUT2D eigenvalue weighted by molar-refractivity contribution is -0.197. The summed E-state index contributed by atoms with van der Waals surface area (Å²) in [5, 5.41) is 19.1. The van der Waals surface area contributed by atoms with Crippen LogP contribution in [-0.4, -0.2) is 52.3 Å². The summed E-state index contributed by atoms with van der Waals surface area (Å²) in [5.41, 5.74) is -0.334. The van der Waals surface area contributed by atoms with Crippen LogP contribution < -0.4 is 0 Å². The number of thioether (sulfide) groups is 1. The summed E-state index contributed by atoms with van der Waals surface area (Å²) in [6.45, 7) is 4.87. The largest absolute Gasteiger partial charge is 0.458 e. The predicted octanol–water partition coefficient (Wildman–Crippen LogP) is 0.385. The van der Waals surface area contributed by atoms with Crippen molar-refractivity contribution in [1.29, 1.82) is 0 Å². The number of hydrogen-bond acceptors (Lipinski definition) is 6. The molecule has 0 bridgehead atoms. The van der Waals surface area contributed by atoms with Crippen LogP contribution in [0.4, 0.5) is 0 Å². The van der Waals surface area contributed by atoms with Gasteiger partial charge in [0.25, 0.3) is 0 Å².